The topological polar surface area (TPSA) is 110 Å². The van der Waals surface area contributed by atoms with E-state index in [1.807, 2.05) is 0 Å². The van der Waals surface area contributed by atoms with Crippen molar-refractivity contribution in [1.82, 2.24) is 20.8 Å². The number of nitrogens with one attached hydrogen (secondary N) is 2. The average molecular weight is 364 g/mol. The molecule has 12 heteroatoms. The Morgan fingerprint density at radius 2 is 2.08 bits per heavy atom. The number of alkyl halides is 3. The molecule has 0 unspecified atom stereocenters. The van der Waals surface area contributed by atoms with Gasteiger partial charge >= 0.3 is 12.2 Å². The van der Waals surface area contributed by atoms with E-state index < -0.39 is 24.7 Å². The third kappa shape index (κ3) is 5.30. The smallest absolute Gasteiger partial charge is 0.405 e. The van der Waals surface area contributed by atoms with E-state index >= 15 is 0 Å². The molecule has 0 saturated carbocycles. The number of carbonyl (C=O) groups is 2. The Kier molecular flexibility index (Phi) is 5.49. The maximum atomic E-state index is 11.9. The van der Waals surface area contributed by atoms with Crippen molar-refractivity contribution in [1.29, 1.82) is 0 Å². The highest BCUT2D eigenvalue weighted by Crippen LogP contribution is 2.26. The van der Waals surface area contributed by atoms with Crippen LogP contribution in [0.25, 0.3) is 11.5 Å². The van der Waals surface area contributed by atoms with Crippen molar-refractivity contribution in [3.05, 3.63) is 18.1 Å². The molecule has 0 aliphatic carbocycles. The van der Waals surface area contributed by atoms with Gasteiger partial charge in [0.05, 0.1) is 17.6 Å². The van der Waals surface area contributed by atoms with E-state index in [1.165, 1.54) is 11.6 Å². The lowest BCUT2D eigenvalue weighted by atomic mass is 10.3. The molecule has 0 aromatic carbocycles. The Hall–Kier alpha value is -2.50. The van der Waals surface area contributed by atoms with E-state index in [9.17, 15) is 22.8 Å². The van der Waals surface area contributed by atoms with Gasteiger partial charge in [-0.15, -0.1) is 10.2 Å². The maximum absolute atomic E-state index is 11.9. The molecular formula is C12H11F3N4O4S. The van der Waals surface area contributed by atoms with Gasteiger partial charge in [-0.05, 0) is 13.0 Å². The average Bonchev–Trinajstić information content (AvgIpc) is 3.10. The second kappa shape index (κ2) is 7.38. The number of urea groups is 1. The summed E-state index contributed by atoms with van der Waals surface area (Å²) in [5, 5.41) is 10.8. The standard InChI is InChI=1S/C12H11F3N4O4S/c1-6-7(2-3-22-6)9-18-19-11(23-9)24-4-8(20)17-10(21)16-5-12(13,14)15/h2-3H,4-5H2,1H3,(H2,16,17,20,21). The zero-order valence-corrected chi connectivity index (χ0v) is 13.0. The van der Waals surface area contributed by atoms with Gasteiger partial charge in [-0.3, -0.25) is 10.1 Å². The third-order valence-corrected chi connectivity index (χ3v) is 3.34. The first-order chi connectivity index (χ1) is 11.2. The predicted octanol–water partition coefficient (Wildman–Crippen LogP) is 2.12. The number of aromatic nitrogens is 2. The van der Waals surface area contributed by atoms with Gasteiger partial charge in [0, 0.05) is 0 Å². The first kappa shape index (κ1) is 17.8. The molecule has 0 atom stereocenters. The van der Waals surface area contributed by atoms with Crippen LogP contribution in [0.4, 0.5) is 18.0 Å². The largest absolute Gasteiger partial charge is 0.469 e. The summed E-state index contributed by atoms with van der Waals surface area (Å²) in [6, 6.07) is 0.396. The van der Waals surface area contributed by atoms with Gasteiger partial charge in [-0.25, -0.2) is 4.79 Å². The molecule has 2 rings (SSSR count). The highest BCUT2D eigenvalue weighted by atomic mass is 32.2. The SMILES string of the molecule is Cc1occc1-c1nnc(SCC(=O)NC(=O)NCC(F)(F)F)o1. The minimum atomic E-state index is -4.56. The zero-order chi connectivity index (χ0) is 17.7. The quantitative estimate of drug-likeness (QED) is 0.782. The van der Waals surface area contributed by atoms with Crippen LogP contribution in [-0.4, -0.2) is 40.6 Å². The molecule has 24 heavy (non-hydrogen) atoms. The number of hydrogen-bond donors (Lipinski definition) is 2. The van der Waals surface area contributed by atoms with Gasteiger partial charge in [-0.2, -0.15) is 13.2 Å². The zero-order valence-electron chi connectivity index (χ0n) is 12.1. The van der Waals surface area contributed by atoms with Crippen molar-refractivity contribution in [2.24, 2.45) is 0 Å². The third-order valence-electron chi connectivity index (χ3n) is 2.52. The van der Waals surface area contributed by atoms with E-state index in [2.05, 4.69) is 10.2 Å². The van der Waals surface area contributed by atoms with Crippen LogP contribution < -0.4 is 10.6 Å². The van der Waals surface area contributed by atoms with Gasteiger partial charge in [-0.1, -0.05) is 11.8 Å². The van der Waals surface area contributed by atoms with Crippen molar-refractivity contribution >= 4 is 23.7 Å². The van der Waals surface area contributed by atoms with Crippen LogP contribution >= 0.6 is 11.8 Å². The van der Waals surface area contributed by atoms with Crippen molar-refractivity contribution in [2.45, 2.75) is 18.3 Å². The Morgan fingerprint density at radius 1 is 1.33 bits per heavy atom. The molecule has 0 aliphatic rings. The Labute approximate surface area is 137 Å². The number of hydrogen-bond acceptors (Lipinski definition) is 7. The number of amides is 3. The number of halogens is 3. The Morgan fingerprint density at radius 3 is 2.71 bits per heavy atom. The maximum Gasteiger partial charge on any atom is 0.405 e. The lowest BCUT2D eigenvalue weighted by Crippen LogP contribution is -2.43. The molecule has 3 amide bonds. The molecule has 2 heterocycles. The normalized spacial score (nSPS) is 11.3. The van der Waals surface area contributed by atoms with Crippen LogP contribution in [0, 0.1) is 6.92 Å². The molecule has 8 nitrogen and oxygen atoms in total. The lowest BCUT2D eigenvalue weighted by molar-refractivity contribution is -0.124. The van der Waals surface area contributed by atoms with Crippen LogP contribution in [0.2, 0.25) is 0 Å². The molecule has 0 saturated heterocycles. The Bertz CT molecular complexity index is 728. The molecule has 130 valence electrons. The predicted molar refractivity (Wildman–Crippen MR) is 75.1 cm³/mol. The van der Waals surface area contributed by atoms with Gasteiger partial charge in [0.1, 0.15) is 12.3 Å². The summed E-state index contributed by atoms with van der Waals surface area (Å²) in [5.74, 6) is -0.314. The molecule has 2 aromatic rings. The van der Waals surface area contributed by atoms with Crippen molar-refractivity contribution in [2.75, 3.05) is 12.3 Å². The molecule has 0 aliphatic heterocycles. The van der Waals surface area contributed by atoms with Gasteiger partial charge < -0.3 is 14.2 Å². The summed E-state index contributed by atoms with van der Waals surface area (Å²) in [4.78, 5) is 22.6. The monoisotopic (exact) mass is 364 g/mol. The molecule has 0 radical (unpaired) electrons. The van der Waals surface area contributed by atoms with E-state index in [0.29, 0.717) is 11.3 Å². The van der Waals surface area contributed by atoms with Gasteiger partial charge in [0.25, 0.3) is 11.1 Å². The number of rotatable bonds is 5. The van der Waals surface area contributed by atoms with E-state index in [4.69, 9.17) is 8.83 Å². The molecule has 0 fully saturated rings. The van der Waals surface area contributed by atoms with E-state index in [0.717, 1.165) is 11.8 Å². The van der Waals surface area contributed by atoms with Crippen LogP contribution in [0.1, 0.15) is 5.76 Å². The summed E-state index contributed by atoms with van der Waals surface area (Å²) in [6.07, 6.45) is -3.10. The lowest BCUT2D eigenvalue weighted by Gasteiger charge is -2.08. The molecular weight excluding hydrogens is 353 g/mol. The Balaban J connectivity index is 1.79. The highest BCUT2D eigenvalue weighted by Gasteiger charge is 2.28. The summed E-state index contributed by atoms with van der Waals surface area (Å²) in [5.41, 5.74) is 0.602. The number of thioether (sulfide) groups is 1. The number of carbonyl (C=O) groups excluding carboxylic acids is 2. The fourth-order valence-corrected chi connectivity index (χ4v) is 2.06. The minimum Gasteiger partial charge on any atom is -0.469 e. The highest BCUT2D eigenvalue weighted by molar-refractivity contribution is 7.99. The first-order valence-corrected chi connectivity index (χ1v) is 7.38. The van der Waals surface area contributed by atoms with E-state index in [1.54, 1.807) is 18.3 Å². The van der Waals surface area contributed by atoms with Gasteiger partial charge in [0.15, 0.2) is 0 Å². The summed E-state index contributed by atoms with van der Waals surface area (Å²) < 4.78 is 46.1. The fraction of sp³-hybridized carbons (Fsp3) is 0.333. The summed E-state index contributed by atoms with van der Waals surface area (Å²) in [6.45, 7) is 0.176. The molecule has 0 spiro atoms. The molecule has 2 N–H and O–H groups in total. The van der Waals surface area contributed by atoms with Crippen molar-refractivity contribution in [3.63, 3.8) is 0 Å². The van der Waals surface area contributed by atoms with E-state index in [-0.39, 0.29) is 16.9 Å². The number of furan rings is 1. The van der Waals surface area contributed by atoms with Crippen molar-refractivity contribution in [3.8, 4) is 11.5 Å². The fourth-order valence-electron chi connectivity index (χ4n) is 1.50. The van der Waals surface area contributed by atoms with Crippen LogP contribution in [0.5, 0.6) is 0 Å². The van der Waals surface area contributed by atoms with Crippen LogP contribution in [-0.2, 0) is 4.79 Å². The minimum absolute atomic E-state index is 0.0662. The van der Waals surface area contributed by atoms with Crippen molar-refractivity contribution < 1.29 is 31.6 Å². The second-order valence-electron chi connectivity index (χ2n) is 4.40. The summed E-state index contributed by atoms with van der Waals surface area (Å²) >= 11 is 0.833. The molecule has 0 bridgehead atoms. The number of imide groups is 1. The number of aryl methyl sites for hydroxylation is 1. The number of nitrogens with zero attached hydrogens (tertiary/aromatic N) is 2. The summed E-state index contributed by atoms with van der Waals surface area (Å²) in [7, 11) is 0. The molecule has 2 aromatic heterocycles. The first-order valence-electron chi connectivity index (χ1n) is 6.40. The van der Waals surface area contributed by atoms with Crippen LogP contribution in [0.3, 0.4) is 0 Å². The second-order valence-corrected chi connectivity index (χ2v) is 5.32. The van der Waals surface area contributed by atoms with Gasteiger partial charge in [0.2, 0.25) is 5.91 Å². The van der Waals surface area contributed by atoms with Crippen LogP contribution in [0.15, 0.2) is 26.4 Å².